The van der Waals surface area contributed by atoms with Crippen LogP contribution in [0.3, 0.4) is 0 Å². The first-order valence-corrected chi connectivity index (χ1v) is 6.79. The van der Waals surface area contributed by atoms with Crippen molar-refractivity contribution < 1.29 is 9.50 Å². The zero-order valence-corrected chi connectivity index (χ0v) is 11.8. The molecule has 3 heteroatoms. The van der Waals surface area contributed by atoms with Crippen molar-refractivity contribution in [1.29, 1.82) is 0 Å². The molecule has 0 radical (unpaired) electrons. The fourth-order valence-electron chi connectivity index (χ4n) is 2.35. The molecule has 2 N–H and O–H groups in total. The fraction of sp³-hybridized carbons (Fsp3) is 0.294. The molecule has 2 aromatic carbocycles. The standard InChI is InChI=1S/C17H20FNO/c1-12-8-15(18)10-16(9-12)19-17(11-20)13(2)14-6-4-3-5-7-14/h3-10,13,17,19-20H,11H2,1-2H3. The van der Waals surface area contributed by atoms with Crippen molar-refractivity contribution in [2.45, 2.75) is 25.8 Å². The highest BCUT2D eigenvalue weighted by atomic mass is 19.1. The van der Waals surface area contributed by atoms with Crippen molar-refractivity contribution in [2.24, 2.45) is 0 Å². The van der Waals surface area contributed by atoms with Crippen LogP contribution in [0.4, 0.5) is 10.1 Å². The molecule has 0 saturated heterocycles. The summed E-state index contributed by atoms with van der Waals surface area (Å²) in [5, 5.41) is 12.8. The Bertz CT molecular complexity index is 536. The molecule has 0 spiro atoms. The highest BCUT2D eigenvalue weighted by molar-refractivity contribution is 5.47. The van der Waals surface area contributed by atoms with E-state index in [0.29, 0.717) is 5.69 Å². The minimum absolute atomic E-state index is 0.00831. The number of rotatable bonds is 5. The summed E-state index contributed by atoms with van der Waals surface area (Å²) < 4.78 is 13.4. The minimum atomic E-state index is -0.267. The number of anilines is 1. The summed E-state index contributed by atoms with van der Waals surface area (Å²) in [6.07, 6.45) is 0. The molecule has 0 amide bonds. The van der Waals surface area contributed by atoms with Crippen molar-refractivity contribution in [3.8, 4) is 0 Å². The average Bonchev–Trinajstić information content (AvgIpc) is 2.44. The molecule has 20 heavy (non-hydrogen) atoms. The first kappa shape index (κ1) is 14.5. The molecule has 2 atom stereocenters. The molecule has 2 nitrogen and oxygen atoms in total. The van der Waals surface area contributed by atoms with Crippen molar-refractivity contribution in [2.75, 3.05) is 11.9 Å². The van der Waals surface area contributed by atoms with Gasteiger partial charge < -0.3 is 10.4 Å². The molecular weight excluding hydrogens is 253 g/mol. The SMILES string of the molecule is Cc1cc(F)cc(NC(CO)C(C)c2ccccc2)c1. The number of nitrogens with one attached hydrogen (secondary N) is 1. The Labute approximate surface area is 119 Å². The first-order valence-electron chi connectivity index (χ1n) is 6.79. The van der Waals surface area contributed by atoms with Crippen LogP contribution < -0.4 is 5.32 Å². The van der Waals surface area contributed by atoms with E-state index in [2.05, 4.69) is 12.2 Å². The number of aliphatic hydroxyl groups excluding tert-OH is 1. The molecule has 2 unspecified atom stereocenters. The van der Waals surface area contributed by atoms with E-state index in [1.165, 1.54) is 12.1 Å². The Morgan fingerprint density at radius 2 is 1.85 bits per heavy atom. The maximum atomic E-state index is 13.4. The Balaban J connectivity index is 2.16. The third-order valence-electron chi connectivity index (χ3n) is 3.52. The van der Waals surface area contributed by atoms with Crippen LogP contribution in [0.15, 0.2) is 48.5 Å². The predicted molar refractivity (Wildman–Crippen MR) is 80.5 cm³/mol. The second-order valence-electron chi connectivity index (χ2n) is 5.15. The lowest BCUT2D eigenvalue weighted by molar-refractivity contribution is 0.262. The van der Waals surface area contributed by atoms with Gasteiger partial charge in [0.05, 0.1) is 12.6 Å². The molecule has 0 aromatic heterocycles. The molecule has 0 aliphatic heterocycles. The fourth-order valence-corrected chi connectivity index (χ4v) is 2.35. The Hall–Kier alpha value is -1.87. The van der Waals surface area contributed by atoms with Crippen molar-refractivity contribution in [3.63, 3.8) is 0 Å². The van der Waals surface area contributed by atoms with E-state index in [-0.39, 0.29) is 24.4 Å². The summed E-state index contributed by atoms with van der Waals surface area (Å²) in [6, 6.07) is 14.7. The molecular formula is C17H20FNO. The van der Waals surface area contributed by atoms with Gasteiger partial charge in [0.15, 0.2) is 0 Å². The number of hydrogen-bond donors (Lipinski definition) is 2. The van der Waals surface area contributed by atoms with Crippen molar-refractivity contribution >= 4 is 5.69 Å². The van der Waals surface area contributed by atoms with Gasteiger partial charge >= 0.3 is 0 Å². The molecule has 0 aliphatic carbocycles. The zero-order chi connectivity index (χ0) is 14.5. The van der Waals surface area contributed by atoms with Crippen LogP contribution in [0.5, 0.6) is 0 Å². The predicted octanol–water partition coefficient (Wildman–Crippen LogP) is 3.71. The number of halogens is 1. The lowest BCUT2D eigenvalue weighted by Crippen LogP contribution is -2.29. The first-order chi connectivity index (χ1) is 9.60. The Morgan fingerprint density at radius 3 is 2.45 bits per heavy atom. The second kappa shape index (κ2) is 6.53. The number of aliphatic hydroxyl groups is 1. The van der Waals surface area contributed by atoms with Gasteiger partial charge in [0.2, 0.25) is 0 Å². The maximum absolute atomic E-state index is 13.4. The quantitative estimate of drug-likeness (QED) is 0.870. The third-order valence-corrected chi connectivity index (χ3v) is 3.52. The van der Waals surface area contributed by atoms with Gasteiger partial charge in [-0.15, -0.1) is 0 Å². The molecule has 0 saturated carbocycles. The van der Waals surface area contributed by atoms with E-state index >= 15 is 0 Å². The molecule has 2 aromatic rings. The summed E-state index contributed by atoms with van der Waals surface area (Å²) in [7, 11) is 0. The van der Waals surface area contributed by atoms with Crippen LogP contribution >= 0.6 is 0 Å². The van der Waals surface area contributed by atoms with Gasteiger partial charge in [-0.2, -0.15) is 0 Å². The van der Waals surface area contributed by atoms with Crippen LogP contribution in [0, 0.1) is 12.7 Å². The van der Waals surface area contributed by atoms with E-state index in [1.807, 2.05) is 43.3 Å². The van der Waals surface area contributed by atoms with Crippen LogP contribution in [0.1, 0.15) is 24.0 Å². The van der Waals surface area contributed by atoms with Gasteiger partial charge in [-0.3, -0.25) is 0 Å². The zero-order valence-electron chi connectivity index (χ0n) is 11.8. The smallest absolute Gasteiger partial charge is 0.125 e. The number of hydrogen-bond acceptors (Lipinski definition) is 2. The second-order valence-corrected chi connectivity index (χ2v) is 5.15. The average molecular weight is 273 g/mol. The molecule has 0 aliphatic rings. The highest BCUT2D eigenvalue weighted by Gasteiger charge is 2.18. The molecule has 0 fully saturated rings. The Kier molecular flexibility index (Phi) is 4.74. The third kappa shape index (κ3) is 3.58. The monoisotopic (exact) mass is 273 g/mol. The summed E-state index contributed by atoms with van der Waals surface area (Å²) in [5.41, 5.74) is 2.70. The van der Waals surface area contributed by atoms with E-state index in [9.17, 15) is 9.50 Å². The van der Waals surface area contributed by atoms with Gasteiger partial charge in [0, 0.05) is 11.6 Å². The van der Waals surface area contributed by atoms with Gasteiger partial charge in [-0.25, -0.2) is 4.39 Å². The van der Waals surface area contributed by atoms with E-state index in [0.717, 1.165) is 11.1 Å². The Morgan fingerprint density at radius 1 is 1.15 bits per heavy atom. The van der Waals surface area contributed by atoms with Crippen molar-refractivity contribution in [3.05, 3.63) is 65.5 Å². The lowest BCUT2D eigenvalue weighted by Gasteiger charge is -2.25. The normalized spacial score (nSPS) is 13.8. The molecule has 2 rings (SSSR count). The molecule has 0 heterocycles. The van der Waals surface area contributed by atoms with Crippen LogP contribution in [-0.4, -0.2) is 17.8 Å². The van der Waals surface area contributed by atoms with E-state index in [4.69, 9.17) is 0 Å². The highest BCUT2D eigenvalue weighted by Crippen LogP contribution is 2.23. The summed E-state index contributed by atoms with van der Waals surface area (Å²) >= 11 is 0. The van der Waals surface area contributed by atoms with Crippen LogP contribution in [0.25, 0.3) is 0 Å². The van der Waals surface area contributed by atoms with Crippen molar-refractivity contribution in [1.82, 2.24) is 0 Å². The van der Waals surface area contributed by atoms with E-state index < -0.39 is 0 Å². The van der Waals surface area contributed by atoms with Gasteiger partial charge in [-0.05, 0) is 36.2 Å². The van der Waals surface area contributed by atoms with Gasteiger partial charge in [0.1, 0.15) is 5.82 Å². The lowest BCUT2D eigenvalue weighted by atomic mass is 9.93. The number of aryl methyl sites for hydroxylation is 1. The summed E-state index contributed by atoms with van der Waals surface area (Å²) in [4.78, 5) is 0. The van der Waals surface area contributed by atoms with Crippen LogP contribution in [-0.2, 0) is 0 Å². The summed E-state index contributed by atoms with van der Waals surface area (Å²) in [5.74, 6) is -0.138. The molecule has 106 valence electrons. The number of benzene rings is 2. The molecule has 0 bridgehead atoms. The topological polar surface area (TPSA) is 32.3 Å². The minimum Gasteiger partial charge on any atom is -0.394 e. The van der Waals surface area contributed by atoms with Crippen LogP contribution in [0.2, 0.25) is 0 Å². The largest absolute Gasteiger partial charge is 0.394 e. The van der Waals surface area contributed by atoms with Gasteiger partial charge in [0.25, 0.3) is 0 Å². The van der Waals surface area contributed by atoms with E-state index in [1.54, 1.807) is 0 Å². The maximum Gasteiger partial charge on any atom is 0.125 e. The summed E-state index contributed by atoms with van der Waals surface area (Å²) in [6.45, 7) is 3.89. The van der Waals surface area contributed by atoms with Gasteiger partial charge in [-0.1, -0.05) is 37.3 Å².